The second-order valence-electron chi connectivity index (χ2n) is 10.6. The molecule has 2 aliphatic carbocycles. The largest absolute Gasteiger partial charge is 0.0654 e. The van der Waals surface area contributed by atoms with Crippen molar-refractivity contribution in [3.63, 3.8) is 0 Å². The summed E-state index contributed by atoms with van der Waals surface area (Å²) in [6.07, 6.45) is 29.0. The first kappa shape index (κ1) is 23.9. The quantitative estimate of drug-likeness (QED) is 0.392. The molecule has 0 nitrogen and oxygen atoms in total. The first-order valence-corrected chi connectivity index (χ1v) is 14.0. The third-order valence-electron chi connectivity index (χ3n) is 8.30. The first-order valence-electron chi connectivity index (χ1n) is 14.0. The van der Waals surface area contributed by atoms with Crippen LogP contribution in [0.15, 0.2) is 24.3 Å². The van der Waals surface area contributed by atoms with Crippen molar-refractivity contribution in [1.82, 2.24) is 0 Å². The van der Waals surface area contributed by atoms with E-state index in [0.29, 0.717) is 0 Å². The van der Waals surface area contributed by atoms with Gasteiger partial charge >= 0.3 is 0 Å². The minimum absolute atomic E-state index is 0.826. The molecule has 0 aliphatic heterocycles. The lowest BCUT2D eigenvalue weighted by molar-refractivity contribution is 0.198. The summed E-state index contributed by atoms with van der Waals surface area (Å²) in [6.45, 7) is 2.31. The summed E-state index contributed by atoms with van der Waals surface area (Å²) in [5, 5.41) is 0. The van der Waals surface area contributed by atoms with Gasteiger partial charge in [0.25, 0.3) is 0 Å². The van der Waals surface area contributed by atoms with E-state index in [-0.39, 0.29) is 0 Å². The van der Waals surface area contributed by atoms with E-state index >= 15 is 0 Å². The summed E-state index contributed by atoms with van der Waals surface area (Å²) in [5.74, 6) is 2.76. The fourth-order valence-electron chi connectivity index (χ4n) is 6.45. The Morgan fingerprint density at radius 3 is 1.80 bits per heavy atom. The lowest BCUT2D eigenvalue weighted by atomic mass is 9.68. The Morgan fingerprint density at radius 2 is 1.17 bits per heavy atom. The van der Waals surface area contributed by atoms with E-state index < -0.39 is 0 Å². The van der Waals surface area contributed by atoms with Gasteiger partial charge in [-0.25, -0.2) is 0 Å². The number of aryl methyl sites for hydroxylation is 1. The predicted molar refractivity (Wildman–Crippen MR) is 133 cm³/mol. The van der Waals surface area contributed by atoms with Crippen LogP contribution in [0, 0.1) is 11.8 Å². The average Bonchev–Trinajstić information content (AvgIpc) is 2.76. The maximum Gasteiger partial charge on any atom is -0.0131 e. The maximum atomic E-state index is 2.54. The molecule has 0 aromatic heterocycles. The van der Waals surface area contributed by atoms with Crippen LogP contribution in [-0.2, 0) is 6.42 Å². The molecule has 30 heavy (non-hydrogen) atoms. The van der Waals surface area contributed by atoms with E-state index in [4.69, 9.17) is 0 Å². The van der Waals surface area contributed by atoms with Crippen LogP contribution in [-0.4, -0.2) is 0 Å². The van der Waals surface area contributed by atoms with Crippen LogP contribution in [0.25, 0.3) is 0 Å². The van der Waals surface area contributed by atoms with Crippen LogP contribution in [0.2, 0.25) is 0 Å². The van der Waals surface area contributed by atoms with E-state index in [9.17, 15) is 0 Å². The fourth-order valence-corrected chi connectivity index (χ4v) is 6.45. The lowest BCUT2D eigenvalue weighted by Crippen LogP contribution is -2.24. The van der Waals surface area contributed by atoms with Crippen molar-refractivity contribution in [2.45, 2.75) is 141 Å². The third kappa shape index (κ3) is 8.05. The molecule has 1 aromatic carbocycles. The minimum Gasteiger partial charge on any atom is -0.0654 e. The molecule has 2 fully saturated rings. The van der Waals surface area contributed by atoms with Gasteiger partial charge in [0.15, 0.2) is 0 Å². The SMILES string of the molecule is CCCCCCc1ccc(C2CCCCCCC2C2CCCCCCCCC2)cc1. The molecule has 0 bridgehead atoms. The van der Waals surface area contributed by atoms with Crippen molar-refractivity contribution in [1.29, 1.82) is 0 Å². The first-order chi connectivity index (χ1) is 14.9. The van der Waals surface area contributed by atoms with Crippen molar-refractivity contribution >= 4 is 0 Å². The molecule has 170 valence electrons. The molecule has 0 N–H and O–H groups in total. The molecule has 2 aliphatic rings. The topological polar surface area (TPSA) is 0 Å². The number of rotatable bonds is 7. The van der Waals surface area contributed by atoms with Crippen LogP contribution in [0.1, 0.15) is 146 Å². The highest BCUT2D eigenvalue weighted by Crippen LogP contribution is 2.43. The molecule has 0 heteroatoms. The summed E-state index contributed by atoms with van der Waals surface area (Å²) in [5.41, 5.74) is 3.24. The van der Waals surface area contributed by atoms with Crippen LogP contribution in [0.4, 0.5) is 0 Å². The third-order valence-corrected chi connectivity index (χ3v) is 8.30. The Hall–Kier alpha value is -0.780. The van der Waals surface area contributed by atoms with Crippen LogP contribution < -0.4 is 0 Å². The average molecular weight is 411 g/mol. The highest BCUT2D eigenvalue weighted by atomic mass is 14.4. The Balaban J connectivity index is 1.67. The summed E-state index contributed by atoms with van der Waals surface area (Å²) >= 11 is 0. The molecular weight excluding hydrogens is 360 g/mol. The second-order valence-corrected chi connectivity index (χ2v) is 10.6. The van der Waals surface area contributed by atoms with E-state index in [1.165, 1.54) is 128 Å². The van der Waals surface area contributed by atoms with E-state index in [1.807, 2.05) is 0 Å². The zero-order chi connectivity index (χ0) is 20.9. The van der Waals surface area contributed by atoms with Gasteiger partial charge in [-0.2, -0.15) is 0 Å². The van der Waals surface area contributed by atoms with Gasteiger partial charge in [-0.05, 0) is 54.6 Å². The number of hydrogen-bond donors (Lipinski definition) is 0. The molecule has 0 radical (unpaired) electrons. The van der Waals surface area contributed by atoms with Crippen LogP contribution >= 0.6 is 0 Å². The van der Waals surface area contributed by atoms with Crippen LogP contribution in [0.3, 0.4) is 0 Å². The van der Waals surface area contributed by atoms with Gasteiger partial charge in [0, 0.05) is 0 Å². The molecule has 0 spiro atoms. The van der Waals surface area contributed by atoms with Gasteiger partial charge in [0.05, 0.1) is 0 Å². The Bertz CT molecular complexity index is 532. The minimum atomic E-state index is 0.826. The highest BCUT2D eigenvalue weighted by Gasteiger charge is 2.30. The zero-order valence-electron chi connectivity index (χ0n) is 20.2. The number of benzene rings is 1. The van der Waals surface area contributed by atoms with E-state index in [2.05, 4.69) is 31.2 Å². The summed E-state index contributed by atoms with van der Waals surface area (Å²) in [6, 6.07) is 10.0. The molecule has 3 rings (SSSR count). The number of hydrogen-bond acceptors (Lipinski definition) is 0. The smallest absolute Gasteiger partial charge is 0.0131 e. The molecule has 2 atom stereocenters. The second kappa shape index (κ2) is 14.3. The normalized spacial score (nSPS) is 25.4. The van der Waals surface area contributed by atoms with Gasteiger partial charge < -0.3 is 0 Å². The van der Waals surface area contributed by atoms with Gasteiger partial charge in [-0.15, -0.1) is 0 Å². The van der Waals surface area contributed by atoms with Crippen molar-refractivity contribution in [2.75, 3.05) is 0 Å². The van der Waals surface area contributed by atoms with Crippen molar-refractivity contribution in [3.05, 3.63) is 35.4 Å². The molecule has 2 unspecified atom stereocenters. The van der Waals surface area contributed by atoms with Gasteiger partial charge in [0.2, 0.25) is 0 Å². The van der Waals surface area contributed by atoms with Gasteiger partial charge in [-0.1, -0.05) is 134 Å². The maximum absolute atomic E-state index is 2.54. The number of unbranched alkanes of at least 4 members (excludes halogenated alkanes) is 3. The monoisotopic (exact) mass is 410 g/mol. The Labute approximate surface area is 188 Å². The summed E-state index contributed by atoms with van der Waals surface area (Å²) in [4.78, 5) is 0. The highest BCUT2D eigenvalue weighted by molar-refractivity contribution is 5.26. The van der Waals surface area contributed by atoms with Gasteiger partial charge in [0.1, 0.15) is 0 Å². The molecular formula is C30H50. The van der Waals surface area contributed by atoms with Gasteiger partial charge in [-0.3, -0.25) is 0 Å². The molecule has 0 saturated heterocycles. The fraction of sp³-hybridized carbons (Fsp3) is 0.800. The molecule has 1 aromatic rings. The van der Waals surface area contributed by atoms with E-state index in [1.54, 1.807) is 11.1 Å². The standard InChI is InChI=1S/C30H50/c1-2-3-4-12-17-26-22-24-28(25-23-26)30-21-16-11-10-15-20-29(30)27-18-13-8-6-5-7-9-14-19-27/h22-25,27,29-30H,2-21H2,1H3. The van der Waals surface area contributed by atoms with E-state index in [0.717, 1.165) is 17.8 Å². The lowest BCUT2D eigenvalue weighted by Gasteiger charge is -2.36. The Morgan fingerprint density at radius 1 is 0.600 bits per heavy atom. The predicted octanol–water partition coefficient (Wildman–Crippen LogP) is 10.0. The molecule has 0 heterocycles. The summed E-state index contributed by atoms with van der Waals surface area (Å²) < 4.78 is 0. The molecule has 0 amide bonds. The van der Waals surface area contributed by atoms with Crippen molar-refractivity contribution < 1.29 is 0 Å². The summed E-state index contributed by atoms with van der Waals surface area (Å²) in [7, 11) is 0. The van der Waals surface area contributed by atoms with Crippen molar-refractivity contribution in [3.8, 4) is 0 Å². The Kier molecular flexibility index (Phi) is 11.4. The zero-order valence-corrected chi connectivity index (χ0v) is 20.2. The van der Waals surface area contributed by atoms with Crippen molar-refractivity contribution in [2.24, 2.45) is 11.8 Å². The molecule has 2 saturated carbocycles. The van der Waals surface area contributed by atoms with Crippen LogP contribution in [0.5, 0.6) is 0 Å².